The molecule has 0 saturated heterocycles. The maximum absolute atomic E-state index is 9.36. The number of hydrogen-bond acceptors (Lipinski definition) is 7. The quantitative estimate of drug-likeness (QED) is 0.281. The summed E-state index contributed by atoms with van der Waals surface area (Å²) < 4.78 is 4.91. The van der Waals surface area contributed by atoms with E-state index >= 15 is 0 Å². The van der Waals surface area contributed by atoms with Crippen molar-refractivity contribution in [3.8, 4) is 11.5 Å². The Bertz CT molecular complexity index is 460. The lowest BCUT2D eigenvalue weighted by Gasteiger charge is -2.05. The average molecular weight is 255 g/mol. The van der Waals surface area contributed by atoms with Crippen molar-refractivity contribution in [3.63, 3.8) is 0 Å². The van der Waals surface area contributed by atoms with Crippen molar-refractivity contribution in [2.24, 2.45) is 15.9 Å². The highest BCUT2D eigenvalue weighted by atomic mass is 16.8. The van der Waals surface area contributed by atoms with E-state index in [0.717, 1.165) is 0 Å². The number of methoxy groups -OCH3 is 1. The number of ether oxygens (including phenoxy) is 1. The summed E-state index contributed by atoms with van der Waals surface area (Å²) in [7, 11) is 1.42. The highest BCUT2D eigenvalue weighted by Gasteiger charge is 2.00. The van der Waals surface area contributed by atoms with Crippen LogP contribution in [0.15, 0.2) is 28.4 Å². The molecular weight excluding hydrogens is 242 g/mol. The minimum Gasteiger partial charge on any atom is -0.504 e. The second kappa shape index (κ2) is 6.39. The number of hydrazine groups is 1. The molecule has 9 heteroatoms. The van der Waals surface area contributed by atoms with E-state index in [4.69, 9.17) is 20.9 Å². The lowest BCUT2D eigenvalue weighted by molar-refractivity contribution is -0.329. The van der Waals surface area contributed by atoms with Crippen molar-refractivity contribution in [2.75, 3.05) is 7.11 Å². The minimum absolute atomic E-state index is 0.00975. The number of guanidine groups is 1. The van der Waals surface area contributed by atoms with Crippen LogP contribution in [0.5, 0.6) is 11.5 Å². The SMILES string of the molecule is COc1cc(C=NN=C(N)NN(O)O)ccc1O. The average Bonchev–Trinajstić information content (AvgIpc) is 2.30. The lowest BCUT2D eigenvalue weighted by Crippen LogP contribution is -2.41. The molecule has 0 aromatic heterocycles. The Balaban J connectivity index is 2.73. The molecule has 0 atom stereocenters. The summed E-state index contributed by atoms with van der Waals surface area (Å²) in [6, 6.07) is 4.57. The highest BCUT2D eigenvalue weighted by Crippen LogP contribution is 2.25. The molecule has 6 N–H and O–H groups in total. The van der Waals surface area contributed by atoms with Crippen molar-refractivity contribution in [1.82, 2.24) is 10.8 Å². The summed E-state index contributed by atoms with van der Waals surface area (Å²) in [5.41, 5.74) is 7.69. The first-order valence-corrected chi connectivity index (χ1v) is 4.71. The number of nitrogens with zero attached hydrogens (tertiary/aromatic N) is 3. The third kappa shape index (κ3) is 4.25. The molecule has 1 aromatic rings. The van der Waals surface area contributed by atoms with E-state index in [-0.39, 0.29) is 17.0 Å². The summed E-state index contributed by atoms with van der Waals surface area (Å²) in [5.74, 6) is -0.0107. The van der Waals surface area contributed by atoms with Gasteiger partial charge in [-0.2, -0.15) is 5.10 Å². The monoisotopic (exact) mass is 255 g/mol. The van der Waals surface area contributed by atoms with Crippen molar-refractivity contribution in [2.45, 2.75) is 0 Å². The van der Waals surface area contributed by atoms with Gasteiger partial charge in [0, 0.05) is 5.34 Å². The number of benzene rings is 1. The zero-order valence-corrected chi connectivity index (χ0v) is 9.48. The van der Waals surface area contributed by atoms with Gasteiger partial charge in [-0.1, -0.05) is 0 Å². The van der Waals surface area contributed by atoms with E-state index in [1.165, 1.54) is 19.4 Å². The molecule has 0 aliphatic heterocycles. The van der Waals surface area contributed by atoms with Crippen LogP contribution in [0, 0.1) is 0 Å². The van der Waals surface area contributed by atoms with Gasteiger partial charge in [0.1, 0.15) is 0 Å². The summed E-state index contributed by atoms with van der Waals surface area (Å²) in [6.45, 7) is 0. The van der Waals surface area contributed by atoms with Crippen molar-refractivity contribution in [3.05, 3.63) is 23.8 Å². The van der Waals surface area contributed by atoms with Gasteiger partial charge in [0.25, 0.3) is 0 Å². The Hall–Kier alpha value is -2.36. The molecule has 1 aromatic carbocycles. The molecule has 0 heterocycles. The standard InChI is InChI=1S/C9H13N5O4/c1-18-8-4-6(2-3-7(8)15)5-11-12-9(10)13-14(16)17/h2-5,15-17H,1H3,(H3,10,12,13). The van der Waals surface area contributed by atoms with Gasteiger partial charge in [-0.3, -0.25) is 10.4 Å². The second-order valence-electron chi connectivity index (χ2n) is 3.06. The van der Waals surface area contributed by atoms with Crippen LogP contribution < -0.4 is 15.9 Å². The number of rotatable bonds is 4. The van der Waals surface area contributed by atoms with Crippen molar-refractivity contribution in [1.29, 1.82) is 0 Å². The van der Waals surface area contributed by atoms with Crippen LogP contribution in [-0.4, -0.2) is 40.1 Å². The zero-order valence-electron chi connectivity index (χ0n) is 9.48. The Morgan fingerprint density at radius 1 is 1.50 bits per heavy atom. The minimum atomic E-state index is -0.349. The maximum atomic E-state index is 9.36. The van der Waals surface area contributed by atoms with E-state index in [1.54, 1.807) is 12.1 Å². The predicted molar refractivity (Wildman–Crippen MR) is 62.4 cm³/mol. The van der Waals surface area contributed by atoms with Gasteiger partial charge in [-0.05, 0) is 23.8 Å². The van der Waals surface area contributed by atoms with Gasteiger partial charge in [0.05, 0.1) is 13.3 Å². The second-order valence-corrected chi connectivity index (χ2v) is 3.06. The van der Waals surface area contributed by atoms with Crippen LogP contribution in [0.25, 0.3) is 0 Å². The van der Waals surface area contributed by atoms with Gasteiger partial charge in [0.15, 0.2) is 11.5 Å². The molecule has 0 spiro atoms. The number of hydrogen-bond donors (Lipinski definition) is 5. The molecule has 0 aliphatic rings. The van der Waals surface area contributed by atoms with Gasteiger partial charge in [0.2, 0.25) is 5.96 Å². The fourth-order valence-electron chi connectivity index (χ4n) is 1.06. The summed E-state index contributed by atoms with van der Waals surface area (Å²) in [4.78, 5) is 0. The predicted octanol–water partition coefficient (Wildman–Crippen LogP) is -0.366. The van der Waals surface area contributed by atoms with Gasteiger partial charge >= 0.3 is 0 Å². The lowest BCUT2D eigenvalue weighted by atomic mass is 10.2. The number of aromatic hydroxyl groups is 1. The summed E-state index contributed by atoms with van der Waals surface area (Å²) in [5, 5.41) is 32.7. The first-order valence-electron chi connectivity index (χ1n) is 4.71. The molecule has 0 unspecified atom stereocenters. The molecule has 0 amide bonds. The zero-order chi connectivity index (χ0) is 13.5. The van der Waals surface area contributed by atoms with E-state index in [0.29, 0.717) is 11.3 Å². The molecular formula is C9H13N5O4. The van der Waals surface area contributed by atoms with Crippen LogP contribution in [0.1, 0.15) is 5.56 Å². The van der Waals surface area contributed by atoms with Crippen LogP contribution in [-0.2, 0) is 0 Å². The molecule has 0 radical (unpaired) electrons. The van der Waals surface area contributed by atoms with Crippen LogP contribution in [0.4, 0.5) is 0 Å². The van der Waals surface area contributed by atoms with Crippen LogP contribution in [0.3, 0.4) is 0 Å². The molecule has 0 saturated carbocycles. The fraction of sp³-hybridized carbons (Fsp3) is 0.111. The Kier molecular flexibility index (Phi) is 4.87. The van der Waals surface area contributed by atoms with Gasteiger partial charge in [-0.25, -0.2) is 5.43 Å². The van der Waals surface area contributed by atoms with Crippen molar-refractivity contribution < 1.29 is 20.3 Å². The number of nitrogens with one attached hydrogen (secondary N) is 1. The van der Waals surface area contributed by atoms with E-state index in [1.807, 2.05) is 5.43 Å². The first kappa shape index (κ1) is 13.7. The molecule has 0 aliphatic carbocycles. The van der Waals surface area contributed by atoms with E-state index in [2.05, 4.69) is 10.2 Å². The Morgan fingerprint density at radius 3 is 2.83 bits per heavy atom. The molecule has 98 valence electrons. The molecule has 1 rings (SSSR count). The number of phenolic OH excluding ortho intramolecular Hbond substituents is 1. The first-order chi connectivity index (χ1) is 8.52. The third-order valence-corrected chi connectivity index (χ3v) is 1.79. The topological polar surface area (TPSA) is 136 Å². The Morgan fingerprint density at radius 2 is 2.22 bits per heavy atom. The summed E-state index contributed by atoms with van der Waals surface area (Å²) in [6.07, 6.45) is 1.34. The molecule has 9 nitrogen and oxygen atoms in total. The third-order valence-electron chi connectivity index (χ3n) is 1.79. The van der Waals surface area contributed by atoms with Gasteiger partial charge < -0.3 is 15.6 Å². The van der Waals surface area contributed by atoms with E-state index in [9.17, 15) is 5.11 Å². The molecule has 0 fully saturated rings. The maximum Gasteiger partial charge on any atom is 0.232 e. The smallest absolute Gasteiger partial charge is 0.232 e. The number of phenols is 1. The Labute approximate surface area is 102 Å². The number of nitrogens with two attached hydrogens (primary N) is 1. The van der Waals surface area contributed by atoms with E-state index < -0.39 is 0 Å². The van der Waals surface area contributed by atoms with Crippen LogP contribution >= 0.6 is 0 Å². The molecule has 18 heavy (non-hydrogen) atoms. The fourth-order valence-corrected chi connectivity index (χ4v) is 1.06. The highest BCUT2D eigenvalue weighted by molar-refractivity contribution is 5.82. The van der Waals surface area contributed by atoms with Crippen LogP contribution in [0.2, 0.25) is 0 Å². The molecule has 0 bridgehead atoms. The largest absolute Gasteiger partial charge is 0.504 e. The van der Waals surface area contributed by atoms with Gasteiger partial charge in [-0.15, -0.1) is 5.10 Å². The summed E-state index contributed by atoms with van der Waals surface area (Å²) >= 11 is 0. The normalized spacial score (nSPS) is 12.1. The van der Waals surface area contributed by atoms with Crippen molar-refractivity contribution >= 4 is 12.2 Å².